The number of amides is 1. The van der Waals surface area contributed by atoms with Crippen molar-refractivity contribution in [3.05, 3.63) is 50.8 Å². The molecule has 0 aliphatic rings. The molecule has 0 aliphatic heterocycles. The zero-order valence-electron chi connectivity index (χ0n) is 14.4. The number of carbonyl (C=O) groups excluding carboxylic acids is 1. The number of nitro groups is 2. The van der Waals surface area contributed by atoms with Crippen LogP contribution in [-0.2, 0) is 4.79 Å². The number of benzene rings is 1. The summed E-state index contributed by atoms with van der Waals surface area (Å²) in [4.78, 5) is 32.9. The molecule has 2 aromatic rings. The van der Waals surface area contributed by atoms with Crippen molar-refractivity contribution >= 4 is 23.0 Å². The molecular formula is C15H15F2N5O6. The van der Waals surface area contributed by atoms with E-state index in [9.17, 15) is 33.8 Å². The summed E-state index contributed by atoms with van der Waals surface area (Å²) >= 11 is 0. The van der Waals surface area contributed by atoms with Crippen LogP contribution in [0, 0.1) is 20.2 Å². The standard InChI is InChI=1S/C15H15F2N5O6/c1-2-13(20-7-11(6-18-20)22(26)27)15(23)19-9-3-10(21(24)25)5-12(4-9)28-8-14(16)17/h3-7,13-14H,2,8H2,1H3,(H,19,23). The number of halogens is 2. The van der Waals surface area contributed by atoms with E-state index in [1.807, 2.05) is 0 Å². The molecule has 1 N–H and O–H groups in total. The number of nitrogens with one attached hydrogen (secondary N) is 1. The molecule has 0 saturated heterocycles. The summed E-state index contributed by atoms with van der Waals surface area (Å²) in [5.74, 6) is -0.867. The minimum absolute atomic E-state index is 0.0522. The summed E-state index contributed by atoms with van der Waals surface area (Å²) in [6, 6.07) is 2.21. The highest BCUT2D eigenvalue weighted by Crippen LogP contribution is 2.27. The van der Waals surface area contributed by atoms with Gasteiger partial charge in [-0.15, -0.1) is 0 Å². The van der Waals surface area contributed by atoms with Crippen LogP contribution < -0.4 is 10.1 Å². The lowest BCUT2D eigenvalue weighted by atomic mass is 10.2. The summed E-state index contributed by atoms with van der Waals surface area (Å²) in [5.41, 5.74) is -0.822. The van der Waals surface area contributed by atoms with Crippen molar-refractivity contribution in [2.45, 2.75) is 25.8 Å². The first kappa shape index (κ1) is 20.7. The highest BCUT2D eigenvalue weighted by atomic mass is 19.3. The lowest BCUT2D eigenvalue weighted by Crippen LogP contribution is -2.26. The molecular weight excluding hydrogens is 384 g/mol. The molecule has 28 heavy (non-hydrogen) atoms. The van der Waals surface area contributed by atoms with Crippen molar-refractivity contribution in [1.29, 1.82) is 0 Å². The van der Waals surface area contributed by atoms with Gasteiger partial charge in [0.2, 0.25) is 5.91 Å². The van der Waals surface area contributed by atoms with Crippen molar-refractivity contribution in [1.82, 2.24) is 9.78 Å². The molecule has 1 heterocycles. The Balaban J connectivity index is 2.24. The smallest absolute Gasteiger partial charge is 0.307 e. The number of ether oxygens (including phenoxy) is 1. The number of carbonyl (C=O) groups is 1. The highest BCUT2D eigenvalue weighted by molar-refractivity contribution is 5.94. The number of aromatic nitrogens is 2. The molecule has 0 spiro atoms. The third-order valence-corrected chi connectivity index (χ3v) is 3.55. The quantitative estimate of drug-likeness (QED) is 0.504. The van der Waals surface area contributed by atoms with Gasteiger partial charge < -0.3 is 10.1 Å². The van der Waals surface area contributed by atoms with Gasteiger partial charge in [-0.05, 0) is 6.42 Å². The number of non-ortho nitro benzene ring substituents is 1. The van der Waals surface area contributed by atoms with Crippen LogP contribution in [-0.4, -0.2) is 38.6 Å². The average Bonchev–Trinajstić information content (AvgIpc) is 3.10. The van der Waals surface area contributed by atoms with E-state index in [0.29, 0.717) is 0 Å². The van der Waals surface area contributed by atoms with E-state index in [0.717, 1.165) is 35.3 Å². The normalized spacial score (nSPS) is 11.9. The Morgan fingerprint density at radius 2 is 1.93 bits per heavy atom. The first-order chi connectivity index (χ1) is 13.2. The van der Waals surface area contributed by atoms with Gasteiger partial charge in [-0.3, -0.25) is 29.7 Å². The Hall–Kier alpha value is -3.64. The maximum absolute atomic E-state index is 12.5. The van der Waals surface area contributed by atoms with Gasteiger partial charge in [-0.25, -0.2) is 8.78 Å². The van der Waals surface area contributed by atoms with Crippen LogP contribution in [0.5, 0.6) is 5.75 Å². The second-order valence-electron chi connectivity index (χ2n) is 5.52. The van der Waals surface area contributed by atoms with Crippen LogP contribution in [0.1, 0.15) is 19.4 Å². The summed E-state index contributed by atoms with van der Waals surface area (Å²) in [6.45, 7) is 0.672. The summed E-state index contributed by atoms with van der Waals surface area (Å²) in [5, 5.41) is 28.0. The van der Waals surface area contributed by atoms with Crippen molar-refractivity contribution in [3.63, 3.8) is 0 Å². The second kappa shape index (κ2) is 8.83. The van der Waals surface area contributed by atoms with Crippen LogP contribution >= 0.6 is 0 Å². The largest absolute Gasteiger partial charge is 0.487 e. The number of nitrogens with zero attached hydrogens (tertiary/aromatic N) is 4. The van der Waals surface area contributed by atoms with Gasteiger partial charge in [0.25, 0.3) is 12.1 Å². The van der Waals surface area contributed by atoms with Gasteiger partial charge in [0.1, 0.15) is 30.8 Å². The molecule has 2 rings (SSSR count). The molecule has 13 heteroatoms. The van der Waals surface area contributed by atoms with Gasteiger partial charge in [-0.2, -0.15) is 5.10 Å². The molecule has 1 amide bonds. The van der Waals surface area contributed by atoms with Gasteiger partial charge >= 0.3 is 5.69 Å². The maximum Gasteiger partial charge on any atom is 0.307 e. The highest BCUT2D eigenvalue weighted by Gasteiger charge is 2.23. The van der Waals surface area contributed by atoms with E-state index in [4.69, 9.17) is 4.74 Å². The van der Waals surface area contributed by atoms with Gasteiger partial charge in [0, 0.05) is 12.1 Å². The molecule has 1 aromatic heterocycles. The zero-order valence-corrected chi connectivity index (χ0v) is 14.4. The predicted molar refractivity (Wildman–Crippen MR) is 91.4 cm³/mol. The topological polar surface area (TPSA) is 142 Å². The lowest BCUT2D eigenvalue weighted by molar-refractivity contribution is -0.385. The molecule has 0 radical (unpaired) electrons. The van der Waals surface area contributed by atoms with Crippen molar-refractivity contribution < 1.29 is 28.2 Å². The Morgan fingerprint density at radius 3 is 2.46 bits per heavy atom. The summed E-state index contributed by atoms with van der Waals surface area (Å²) < 4.78 is 30.5. The molecule has 0 saturated carbocycles. The van der Waals surface area contributed by atoms with Gasteiger partial charge in [0.05, 0.1) is 21.6 Å². The minimum Gasteiger partial charge on any atom is -0.487 e. The predicted octanol–water partition coefficient (Wildman–Crippen LogP) is 2.93. The van der Waals surface area contributed by atoms with E-state index in [2.05, 4.69) is 10.4 Å². The molecule has 1 atom stereocenters. The van der Waals surface area contributed by atoms with E-state index in [-0.39, 0.29) is 23.5 Å². The summed E-state index contributed by atoms with van der Waals surface area (Å²) in [6.07, 6.45) is -0.496. The van der Waals surface area contributed by atoms with Gasteiger partial charge in [-0.1, -0.05) is 6.92 Å². The average molecular weight is 399 g/mol. The van der Waals surface area contributed by atoms with Crippen LogP contribution in [0.15, 0.2) is 30.6 Å². The fraction of sp³-hybridized carbons (Fsp3) is 0.333. The number of alkyl halides is 2. The van der Waals surface area contributed by atoms with Crippen LogP contribution in [0.4, 0.5) is 25.8 Å². The van der Waals surface area contributed by atoms with Crippen LogP contribution in [0.3, 0.4) is 0 Å². The Bertz CT molecular complexity index is 888. The molecule has 0 fully saturated rings. The first-order valence-electron chi connectivity index (χ1n) is 7.91. The fourth-order valence-electron chi connectivity index (χ4n) is 2.31. The maximum atomic E-state index is 12.5. The van der Waals surface area contributed by atoms with E-state index in [1.165, 1.54) is 0 Å². The van der Waals surface area contributed by atoms with Gasteiger partial charge in [0.15, 0.2) is 0 Å². The van der Waals surface area contributed by atoms with Crippen molar-refractivity contribution in [2.24, 2.45) is 0 Å². The molecule has 0 aliphatic carbocycles. The lowest BCUT2D eigenvalue weighted by Gasteiger charge is -2.15. The number of nitro benzene ring substituents is 1. The Kier molecular flexibility index (Phi) is 6.52. The van der Waals surface area contributed by atoms with Crippen molar-refractivity contribution in [2.75, 3.05) is 11.9 Å². The first-order valence-corrected chi connectivity index (χ1v) is 7.91. The SMILES string of the molecule is CCC(C(=O)Nc1cc(OCC(F)F)cc([N+](=O)[O-])c1)n1cc([N+](=O)[O-])cn1. The van der Waals surface area contributed by atoms with Crippen molar-refractivity contribution in [3.8, 4) is 5.75 Å². The van der Waals surface area contributed by atoms with Crippen LogP contribution in [0.25, 0.3) is 0 Å². The van der Waals surface area contributed by atoms with Crippen LogP contribution in [0.2, 0.25) is 0 Å². The molecule has 1 unspecified atom stereocenters. The minimum atomic E-state index is -2.78. The monoisotopic (exact) mass is 399 g/mol. The van der Waals surface area contributed by atoms with E-state index < -0.39 is 40.5 Å². The van der Waals surface area contributed by atoms with E-state index >= 15 is 0 Å². The number of hydrogen-bond acceptors (Lipinski definition) is 7. The molecule has 0 bridgehead atoms. The Labute approximate surface area is 156 Å². The summed E-state index contributed by atoms with van der Waals surface area (Å²) in [7, 11) is 0. The molecule has 1 aromatic carbocycles. The molecule has 11 nitrogen and oxygen atoms in total. The second-order valence-corrected chi connectivity index (χ2v) is 5.52. The number of hydrogen-bond donors (Lipinski definition) is 1. The third kappa shape index (κ3) is 5.18. The third-order valence-electron chi connectivity index (χ3n) is 3.55. The molecule has 150 valence electrons. The fourth-order valence-corrected chi connectivity index (χ4v) is 2.31. The van der Waals surface area contributed by atoms with E-state index in [1.54, 1.807) is 6.92 Å². The Morgan fingerprint density at radius 1 is 1.25 bits per heavy atom. The zero-order chi connectivity index (χ0) is 20.8. The number of rotatable bonds is 9. The number of anilines is 1.